The molecule has 0 aliphatic carbocycles. The van der Waals surface area contributed by atoms with E-state index in [1.54, 1.807) is 9.80 Å². The van der Waals surface area contributed by atoms with E-state index in [1.807, 2.05) is 0 Å². The average Bonchev–Trinajstić information content (AvgIpc) is 3.12. The maximum absolute atomic E-state index is 12.7. The number of carbonyl (C=O) groups is 2. The van der Waals surface area contributed by atoms with Gasteiger partial charge < -0.3 is 20.3 Å². The van der Waals surface area contributed by atoms with Crippen LogP contribution in [0, 0.1) is 10.1 Å². The Morgan fingerprint density at radius 1 is 1.16 bits per heavy atom. The monoisotopic (exact) mass is 368 g/mol. The molecule has 2 aliphatic rings. The molecule has 0 aromatic carbocycles. The van der Waals surface area contributed by atoms with Crippen molar-refractivity contribution in [2.45, 2.75) is 18.4 Å². The summed E-state index contributed by atoms with van der Waals surface area (Å²) >= 11 is 0.867. The number of ether oxygens (including phenoxy) is 1. The molecule has 9 nitrogen and oxygen atoms in total. The lowest BCUT2D eigenvalue weighted by Gasteiger charge is -2.40. The summed E-state index contributed by atoms with van der Waals surface area (Å²) in [6, 6.07) is 2.81. The van der Waals surface area contributed by atoms with Crippen LogP contribution in [-0.2, 0) is 9.53 Å². The Morgan fingerprint density at radius 2 is 1.76 bits per heavy atom. The van der Waals surface area contributed by atoms with Gasteiger partial charge in [0, 0.05) is 45.5 Å². The molecule has 3 rings (SSSR count). The highest BCUT2D eigenvalue weighted by molar-refractivity contribution is 7.17. The third-order valence-electron chi connectivity index (χ3n) is 4.65. The van der Waals surface area contributed by atoms with Gasteiger partial charge in [0.2, 0.25) is 5.91 Å². The molecular weight excluding hydrogens is 348 g/mol. The van der Waals surface area contributed by atoms with Gasteiger partial charge >= 0.3 is 5.00 Å². The van der Waals surface area contributed by atoms with E-state index in [-0.39, 0.29) is 16.8 Å². The molecule has 0 unspecified atom stereocenters. The molecular formula is C15H20N4O5S. The van der Waals surface area contributed by atoms with Crippen LogP contribution in [0.25, 0.3) is 0 Å². The van der Waals surface area contributed by atoms with Crippen LogP contribution in [0.3, 0.4) is 0 Å². The van der Waals surface area contributed by atoms with Gasteiger partial charge in [-0.1, -0.05) is 11.3 Å². The molecule has 0 bridgehead atoms. The molecule has 25 heavy (non-hydrogen) atoms. The van der Waals surface area contributed by atoms with Crippen LogP contribution >= 0.6 is 11.3 Å². The van der Waals surface area contributed by atoms with E-state index >= 15 is 0 Å². The van der Waals surface area contributed by atoms with E-state index in [0.717, 1.165) is 11.3 Å². The third-order valence-corrected chi connectivity index (χ3v) is 5.67. The van der Waals surface area contributed by atoms with E-state index in [1.165, 1.54) is 12.1 Å². The molecule has 0 saturated carbocycles. The predicted octanol–water partition coefficient (Wildman–Crippen LogP) is 0.449. The summed E-state index contributed by atoms with van der Waals surface area (Å²) in [6.07, 6.45) is 1.01. The Balaban J connectivity index is 1.58. The van der Waals surface area contributed by atoms with Gasteiger partial charge in [0.05, 0.1) is 15.3 Å². The quantitative estimate of drug-likeness (QED) is 0.611. The fraction of sp³-hybridized carbons (Fsp3) is 0.600. The van der Waals surface area contributed by atoms with Crippen LogP contribution in [-0.4, -0.2) is 71.5 Å². The fourth-order valence-corrected chi connectivity index (χ4v) is 3.86. The van der Waals surface area contributed by atoms with Gasteiger partial charge in [-0.25, -0.2) is 0 Å². The van der Waals surface area contributed by atoms with Gasteiger partial charge in [-0.15, -0.1) is 0 Å². The van der Waals surface area contributed by atoms with Crippen molar-refractivity contribution in [2.75, 3.05) is 39.4 Å². The van der Waals surface area contributed by atoms with Crippen LogP contribution < -0.4 is 5.73 Å². The van der Waals surface area contributed by atoms with Crippen LogP contribution in [0.15, 0.2) is 12.1 Å². The third kappa shape index (κ3) is 3.65. The summed E-state index contributed by atoms with van der Waals surface area (Å²) in [4.78, 5) is 39.0. The zero-order chi connectivity index (χ0) is 18.0. The summed E-state index contributed by atoms with van der Waals surface area (Å²) in [5.41, 5.74) is 5.36. The first-order chi connectivity index (χ1) is 11.9. The number of nitro groups is 1. The molecule has 0 radical (unpaired) electrons. The predicted molar refractivity (Wildman–Crippen MR) is 90.4 cm³/mol. The molecule has 1 aromatic heterocycles. The topological polar surface area (TPSA) is 119 Å². The lowest BCUT2D eigenvalue weighted by molar-refractivity contribution is -0.380. The number of nitrogens with zero attached hydrogens (tertiary/aromatic N) is 3. The van der Waals surface area contributed by atoms with Gasteiger partial charge in [-0.3, -0.25) is 19.7 Å². The molecule has 3 heterocycles. The molecule has 2 saturated heterocycles. The van der Waals surface area contributed by atoms with Crippen molar-refractivity contribution in [3.63, 3.8) is 0 Å². The smallest absolute Gasteiger partial charge is 0.324 e. The highest BCUT2D eigenvalue weighted by Gasteiger charge is 2.40. The van der Waals surface area contributed by atoms with Crippen LogP contribution in [0.2, 0.25) is 0 Å². The zero-order valence-corrected chi connectivity index (χ0v) is 14.5. The summed E-state index contributed by atoms with van der Waals surface area (Å²) < 4.78 is 5.27. The molecule has 136 valence electrons. The standard InChI is InChI=1S/C15H20N4O5S/c16-15(3-9-24-10-4-15)14(21)18-7-5-17(6-8-18)13(20)11-1-2-12(25-11)19(22)23/h1-2H,3-10,16H2. The molecule has 0 atom stereocenters. The Kier molecular flexibility index (Phi) is 5.02. The van der Waals surface area contributed by atoms with Gasteiger partial charge in [-0.2, -0.15) is 0 Å². The first kappa shape index (κ1) is 17.8. The van der Waals surface area contributed by atoms with Crippen molar-refractivity contribution in [2.24, 2.45) is 5.73 Å². The molecule has 2 fully saturated rings. The largest absolute Gasteiger partial charge is 0.381 e. The Morgan fingerprint density at radius 3 is 2.32 bits per heavy atom. The number of thiophene rings is 1. The molecule has 2 N–H and O–H groups in total. The summed E-state index contributed by atoms with van der Waals surface area (Å²) in [5.74, 6) is -0.326. The Labute approximate surface area is 148 Å². The summed E-state index contributed by atoms with van der Waals surface area (Å²) in [6.45, 7) is 2.58. The van der Waals surface area contributed by atoms with E-state index < -0.39 is 10.5 Å². The normalized spacial score (nSPS) is 20.4. The Hall–Kier alpha value is -2.04. The van der Waals surface area contributed by atoms with Crippen molar-refractivity contribution < 1.29 is 19.2 Å². The first-order valence-corrected chi connectivity index (χ1v) is 8.92. The number of nitrogens with two attached hydrogens (primary N) is 1. The second-order valence-electron chi connectivity index (χ2n) is 6.25. The van der Waals surface area contributed by atoms with Crippen LogP contribution in [0.4, 0.5) is 5.00 Å². The summed E-state index contributed by atoms with van der Waals surface area (Å²) in [5, 5.41) is 10.7. The van der Waals surface area contributed by atoms with Crippen molar-refractivity contribution in [3.05, 3.63) is 27.1 Å². The van der Waals surface area contributed by atoms with Crippen molar-refractivity contribution in [1.82, 2.24) is 9.80 Å². The minimum atomic E-state index is -0.876. The average molecular weight is 368 g/mol. The van der Waals surface area contributed by atoms with Crippen molar-refractivity contribution in [1.29, 1.82) is 0 Å². The number of carbonyl (C=O) groups excluding carboxylic acids is 2. The van der Waals surface area contributed by atoms with E-state index in [9.17, 15) is 19.7 Å². The maximum atomic E-state index is 12.7. The molecule has 2 amide bonds. The lowest BCUT2D eigenvalue weighted by Crippen LogP contribution is -2.61. The second kappa shape index (κ2) is 7.06. The van der Waals surface area contributed by atoms with Crippen LogP contribution in [0.5, 0.6) is 0 Å². The molecule has 2 aliphatic heterocycles. The number of piperazine rings is 1. The van der Waals surface area contributed by atoms with E-state index in [0.29, 0.717) is 57.1 Å². The van der Waals surface area contributed by atoms with Gasteiger partial charge in [0.25, 0.3) is 5.91 Å². The second-order valence-corrected chi connectivity index (χ2v) is 7.31. The number of amides is 2. The van der Waals surface area contributed by atoms with Gasteiger partial charge in [0.15, 0.2) is 0 Å². The van der Waals surface area contributed by atoms with Gasteiger partial charge in [-0.05, 0) is 18.9 Å². The molecule has 0 spiro atoms. The fourth-order valence-electron chi connectivity index (χ4n) is 3.07. The number of rotatable bonds is 3. The first-order valence-electron chi connectivity index (χ1n) is 8.10. The highest BCUT2D eigenvalue weighted by Crippen LogP contribution is 2.26. The summed E-state index contributed by atoms with van der Waals surface area (Å²) in [7, 11) is 0. The minimum absolute atomic E-state index is 0.0539. The van der Waals surface area contributed by atoms with Crippen molar-refractivity contribution >= 4 is 28.2 Å². The highest BCUT2D eigenvalue weighted by atomic mass is 32.1. The van der Waals surface area contributed by atoms with Gasteiger partial charge in [0.1, 0.15) is 0 Å². The SMILES string of the molecule is NC1(C(=O)N2CCN(C(=O)c3ccc([N+](=O)[O-])s3)CC2)CCOCC1. The van der Waals surface area contributed by atoms with E-state index in [2.05, 4.69) is 0 Å². The van der Waals surface area contributed by atoms with Crippen molar-refractivity contribution in [3.8, 4) is 0 Å². The maximum Gasteiger partial charge on any atom is 0.324 e. The minimum Gasteiger partial charge on any atom is -0.381 e. The molecule has 1 aromatic rings. The number of hydrogen-bond acceptors (Lipinski definition) is 7. The zero-order valence-electron chi connectivity index (χ0n) is 13.7. The number of hydrogen-bond donors (Lipinski definition) is 1. The lowest BCUT2D eigenvalue weighted by atomic mass is 9.89. The van der Waals surface area contributed by atoms with Crippen LogP contribution in [0.1, 0.15) is 22.5 Å². The van der Waals surface area contributed by atoms with E-state index in [4.69, 9.17) is 10.5 Å². The Bertz CT molecular complexity index is 677. The molecule has 10 heteroatoms.